The average Bonchev–Trinajstić information content (AvgIpc) is 3.28. The molecule has 0 amide bonds. The van der Waals surface area contributed by atoms with Crippen LogP contribution in [0.1, 0.15) is 44.3 Å². The fourth-order valence-corrected chi connectivity index (χ4v) is 10.7. The zero-order valence-electron chi connectivity index (χ0n) is 25.4. The van der Waals surface area contributed by atoms with Crippen LogP contribution < -0.4 is 21.6 Å². The molecule has 1 saturated heterocycles. The Kier molecular flexibility index (Phi) is 8.57. The summed E-state index contributed by atoms with van der Waals surface area (Å²) in [5.41, 5.74) is -2.97. The molecule has 1 fully saturated rings. The van der Waals surface area contributed by atoms with Crippen molar-refractivity contribution >= 4 is 24.6 Å². The van der Waals surface area contributed by atoms with E-state index in [1.807, 2.05) is 36.4 Å². The van der Waals surface area contributed by atoms with Gasteiger partial charge in [0.05, 0.1) is 6.61 Å². The molecule has 0 spiro atoms. The number of hydrogen-bond donors (Lipinski definition) is 0. The SMILES string of the molecule is C=C[C@]1(CO[Si](c2ccccc2)(c2ccccc2)C(C)(C)C)O[C@@H](n2ccc(=O)n(C(=O)c3ccccc3)c2=O)[C@H](F)[C@@H]1C. The summed E-state index contributed by atoms with van der Waals surface area (Å²) in [5, 5.41) is 1.78. The normalized spacial score (nSPS) is 22.1. The highest BCUT2D eigenvalue weighted by Crippen LogP contribution is 2.45. The van der Waals surface area contributed by atoms with Crippen LogP contribution in [-0.2, 0) is 9.16 Å². The van der Waals surface area contributed by atoms with Crippen LogP contribution in [-0.4, -0.2) is 41.7 Å². The Hall–Kier alpha value is -4.18. The highest BCUT2D eigenvalue weighted by atomic mass is 28.4. The number of benzene rings is 3. The molecule has 3 aromatic carbocycles. The van der Waals surface area contributed by atoms with Crippen LogP contribution in [0.15, 0.2) is 126 Å². The number of carbonyl (C=O) groups excluding carboxylic acids is 1. The Morgan fingerprint density at radius 3 is 1.98 bits per heavy atom. The summed E-state index contributed by atoms with van der Waals surface area (Å²) in [4.78, 5) is 39.4. The van der Waals surface area contributed by atoms with Gasteiger partial charge in [-0.15, -0.1) is 6.58 Å². The van der Waals surface area contributed by atoms with E-state index in [-0.39, 0.29) is 17.2 Å². The van der Waals surface area contributed by atoms with Gasteiger partial charge in [0.15, 0.2) is 12.4 Å². The maximum absolute atomic E-state index is 16.2. The third-order valence-electron chi connectivity index (χ3n) is 8.65. The zero-order valence-corrected chi connectivity index (χ0v) is 26.4. The fourth-order valence-electron chi connectivity index (χ4n) is 6.15. The number of ether oxygens (including phenoxy) is 1. The van der Waals surface area contributed by atoms with E-state index in [2.05, 4.69) is 51.6 Å². The van der Waals surface area contributed by atoms with Gasteiger partial charge in [0.25, 0.3) is 19.8 Å². The van der Waals surface area contributed by atoms with E-state index in [0.29, 0.717) is 4.57 Å². The standard InChI is InChI=1S/C35H37FN2O5Si/c1-6-35(24-42-44(34(3,4)5,27-18-12-8-13-19-27)28-20-14-9-15-21-28)25(2)30(36)32(43-35)37-23-22-29(39)38(33(37)41)31(40)26-16-10-7-11-17-26/h6-23,25,30,32H,1,24H2,2-5H3/t25-,30+,32+,35+/m0/s1. The minimum Gasteiger partial charge on any atom is -0.404 e. The fraction of sp³-hybridized carbons (Fsp3) is 0.286. The topological polar surface area (TPSA) is 79.5 Å². The predicted octanol–water partition coefficient (Wildman–Crippen LogP) is 4.70. The molecule has 0 saturated carbocycles. The van der Waals surface area contributed by atoms with E-state index in [9.17, 15) is 14.4 Å². The first-order chi connectivity index (χ1) is 21.0. The number of halogens is 1. The van der Waals surface area contributed by atoms with Crippen molar-refractivity contribution in [3.05, 3.63) is 142 Å². The molecular formula is C35H37FN2O5Si. The van der Waals surface area contributed by atoms with Crippen molar-refractivity contribution in [1.29, 1.82) is 0 Å². The molecule has 9 heteroatoms. The van der Waals surface area contributed by atoms with Gasteiger partial charge in [0.2, 0.25) is 0 Å². The van der Waals surface area contributed by atoms with E-state index in [0.717, 1.165) is 21.0 Å². The van der Waals surface area contributed by atoms with Crippen LogP contribution >= 0.6 is 0 Å². The van der Waals surface area contributed by atoms with Crippen molar-refractivity contribution < 1.29 is 18.3 Å². The van der Waals surface area contributed by atoms with E-state index in [1.54, 1.807) is 25.1 Å². The van der Waals surface area contributed by atoms with Gasteiger partial charge in [0.1, 0.15) is 5.60 Å². The maximum Gasteiger partial charge on any atom is 0.340 e. The van der Waals surface area contributed by atoms with E-state index in [4.69, 9.17) is 9.16 Å². The zero-order chi connectivity index (χ0) is 31.7. The largest absolute Gasteiger partial charge is 0.404 e. The van der Waals surface area contributed by atoms with Crippen molar-refractivity contribution in [3.8, 4) is 0 Å². The minimum atomic E-state index is -3.02. The molecule has 0 bridgehead atoms. The smallest absolute Gasteiger partial charge is 0.340 e. The molecule has 0 aliphatic carbocycles. The summed E-state index contributed by atoms with van der Waals surface area (Å²) in [6.45, 7) is 12.1. The van der Waals surface area contributed by atoms with Gasteiger partial charge < -0.3 is 9.16 Å². The second-order valence-corrected chi connectivity index (χ2v) is 16.5. The number of hydrogen-bond acceptors (Lipinski definition) is 5. The van der Waals surface area contributed by atoms with Crippen LogP contribution in [0.5, 0.6) is 0 Å². The molecule has 4 atom stereocenters. The average molecular weight is 613 g/mol. The molecule has 1 aliphatic rings. The summed E-state index contributed by atoms with van der Waals surface area (Å²) in [6.07, 6.45) is -0.385. The molecule has 0 radical (unpaired) electrons. The quantitative estimate of drug-likeness (QED) is 0.213. The van der Waals surface area contributed by atoms with Crippen LogP contribution in [0.3, 0.4) is 0 Å². The first-order valence-corrected chi connectivity index (χ1v) is 16.5. The molecule has 5 rings (SSSR count). The van der Waals surface area contributed by atoms with Crippen molar-refractivity contribution in [3.63, 3.8) is 0 Å². The monoisotopic (exact) mass is 612 g/mol. The van der Waals surface area contributed by atoms with Gasteiger partial charge >= 0.3 is 5.69 Å². The van der Waals surface area contributed by atoms with E-state index in [1.165, 1.54) is 24.4 Å². The van der Waals surface area contributed by atoms with Crippen molar-refractivity contribution in [1.82, 2.24) is 9.13 Å². The van der Waals surface area contributed by atoms with Crippen LogP contribution in [0.25, 0.3) is 0 Å². The third-order valence-corrected chi connectivity index (χ3v) is 13.6. The van der Waals surface area contributed by atoms with E-state index < -0.39 is 49.4 Å². The Morgan fingerprint density at radius 1 is 0.955 bits per heavy atom. The molecule has 4 aromatic rings. The Morgan fingerprint density at radius 2 is 1.48 bits per heavy atom. The lowest BCUT2D eigenvalue weighted by molar-refractivity contribution is -0.0825. The summed E-state index contributed by atoms with van der Waals surface area (Å²) < 4.78 is 31.2. The van der Waals surface area contributed by atoms with Gasteiger partial charge in [-0.1, -0.05) is 113 Å². The molecule has 0 N–H and O–H groups in total. The summed E-state index contributed by atoms with van der Waals surface area (Å²) in [6, 6.07) is 29.2. The highest BCUT2D eigenvalue weighted by molar-refractivity contribution is 6.99. The molecule has 0 unspecified atom stereocenters. The minimum absolute atomic E-state index is 0.0286. The van der Waals surface area contributed by atoms with Gasteiger partial charge in [-0.25, -0.2) is 9.18 Å². The number of carbonyl (C=O) groups is 1. The number of nitrogens with zero attached hydrogens (tertiary/aromatic N) is 2. The Bertz CT molecular complexity index is 1710. The van der Waals surface area contributed by atoms with Crippen molar-refractivity contribution in [2.24, 2.45) is 5.92 Å². The predicted molar refractivity (Wildman–Crippen MR) is 172 cm³/mol. The summed E-state index contributed by atoms with van der Waals surface area (Å²) >= 11 is 0. The molecule has 7 nitrogen and oxygen atoms in total. The Labute approximate surface area is 257 Å². The number of rotatable bonds is 8. The van der Waals surface area contributed by atoms with Gasteiger partial charge in [0, 0.05) is 23.7 Å². The van der Waals surface area contributed by atoms with E-state index >= 15 is 4.39 Å². The number of alkyl halides is 1. The molecule has 228 valence electrons. The van der Waals surface area contributed by atoms with Crippen LogP contribution in [0.4, 0.5) is 4.39 Å². The molecule has 2 heterocycles. The van der Waals surface area contributed by atoms with Crippen LogP contribution in [0, 0.1) is 5.92 Å². The lowest BCUT2D eigenvalue weighted by Crippen LogP contribution is -2.67. The van der Waals surface area contributed by atoms with Crippen molar-refractivity contribution in [2.45, 2.75) is 50.7 Å². The third kappa shape index (κ3) is 5.25. The summed E-state index contributed by atoms with van der Waals surface area (Å²) in [7, 11) is -3.02. The molecule has 44 heavy (non-hydrogen) atoms. The lowest BCUT2D eigenvalue weighted by Gasteiger charge is -2.45. The second-order valence-electron chi connectivity index (χ2n) is 12.2. The molecule has 1 aromatic heterocycles. The maximum atomic E-state index is 16.2. The lowest BCUT2D eigenvalue weighted by atomic mass is 9.88. The molecule has 1 aliphatic heterocycles. The second kappa shape index (κ2) is 12.1. The van der Waals surface area contributed by atoms with Crippen LogP contribution in [0.2, 0.25) is 5.04 Å². The van der Waals surface area contributed by atoms with Crippen molar-refractivity contribution in [2.75, 3.05) is 6.61 Å². The Balaban J connectivity index is 1.55. The van der Waals surface area contributed by atoms with Gasteiger partial charge in [-0.3, -0.25) is 14.2 Å². The first-order valence-electron chi connectivity index (χ1n) is 14.6. The molecular weight excluding hydrogens is 575 g/mol. The number of aromatic nitrogens is 2. The first kappa shape index (κ1) is 31.2. The highest BCUT2D eigenvalue weighted by Gasteiger charge is 2.56. The van der Waals surface area contributed by atoms with Gasteiger partial charge in [-0.05, 0) is 27.5 Å². The van der Waals surface area contributed by atoms with Gasteiger partial charge in [-0.2, -0.15) is 4.57 Å². The summed E-state index contributed by atoms with van der Waals surface area (Å²) in [5.74, 6) is -1.58.